The molecule has 1 aromatic carbocycles. The Morgan fingerprint density at radius 2 is 2.09 bits per heavy atom. The minimum atomic E-state index is -0.473. The minimum absolute atomic E-state index is 0.106. The van der Waals surface area contributed by atoms with Gasteiger partial charge < -0.3 is 15.8 Å². The zero-order valence-corrected chi connectivity index (χ0v) is 15.6. The van der Waals surface area contributed by atoms with Crippen molar-refractivity contribution in [2.45, 2.75) is 44.9 Å². The summed E-state index contributed by atoms with van der Waals surface area (Å²) in [5.41, 5.74) is 6.72. The Hall–Kier alpha value is -1.11. The van der Waals surface area contributed by atoms with E-state index in [-0.39, 0.29) is 18.2 Å². The van der Waals surface area contributed by atoms with Gasteiger partial charge in [-0.25, -0.2) is 4.79 Å². The number of hydrogen-bond donors (Lipinski definition) is 2. The number of amides is 1. The number of carbonyl (C=O) groups excluding carboxylic acids is 1. The van der Waals surface area contributed by atoms with Crippen LogP contribution in [0.5, 0.6) is 0 Å². The fraction of sp³-hybridized carbons (Fsp3) is 0.588. The molecule has 128 valence electrons. The molecule has 0 unspecified atom stereocenters. The molecule has 0 aliphatic carbocycles. The number of hydrogen-bond acceptors (Lipinski definition) is 4. The van der Waals surface area contributed by atoms with Crippen LogP contribution in [-0.4, -0.2) is 42.3 Å². The molecule has 2 rings (SSSR count). The second-order valence-corrected chi connectivity index (χ2v) is 7.85. The van der Waals surface area contributed by atoms with Crippen LogP contribution in [0.25, 0.3) is 0 Å². The first-order chi connectivity index (χ1) is 10.8. The topological polar surface area (TPSA) is 67.6 Å². The third-order valence-corrected chi connectivity index (χ3v) is 4.39. The molecule has 1 amide bonds. The molecule has 0 bridgehead atoms. The standard InChI is InChI=1S/C17H26BrN3O2/c1-17(2,3)23-16(22)20-14-8-9-21(11-14)15(10-19)12-4-6-13(18)7-5-12/h4-7,14-15H,8-11,19H2,1-3H3,(H,20,22)/t14-,15-/m1/s1. The Labute approximate surface area is 146 Å². The van der Waals surface area contributed by atoms with Gasteiger partial charge in [-0.3, -0.25) is 4.90 Å². The van der Waals surface area contributed by atoms with E-state index in [0.717, 1.165) is 24.0 Å². The molecule has 23 heavy (non-hydrogen) atoms. The fourth-order valence-electron chi connectivity index (χ4n) is 2.84. The SMILES string of the molecule is CC(C)(C)OC(=O)N[C@@H]1CCN([C@H](CN)c2ccc(Br)cc2)C1. The van der Waals surface area contributed by atoms with Gasteiger partial charge in [0.1, 0.15) is 5.60 Å². The molecule has 1 aliphatic rings. The zero-order chi connectivity index (χ0) is 17.0. The minimum Gasteiger partial charge on any atom is -0.444 e. The van der Waals surface area contributed by atoms with Crippen molar-refractivity contribution in [2.24, 2.45) is 5.73 Å². The normalized spacial score (nSPS) is 20.3. The second-order valence-electron chi connectivity index (χ2n) is 6.93. The van der Waals surface area contributed by atoms with E-state index in [1.54, 1.807) is 0 Å². The average molecular weight is 384 g/mol. The Kier molecular flexibility index (Phi) is 6.06. The van der Waals surface area contributed by atoms with Gasteiger partial charge in [-0.15, -0.1) is 0 Å². The molecule has 0 radical (unpaired) electrons. The molecule has 2 atom stereocenters. The smallest absolute Gasteiger partial charge is 0.407 e. The van der Waals surface area contributed by atoms with Crippen LogP contribution >= 0.6 is 15.9 Å². The molecule has 3 N–H and O–H groups in total. The lowest BCUT2D eigenvalue weighted by Crippen LogP contribution is -2.41. The molecular weight excluding hydrogens is 358 g/mol. The van der Waals surface area contributed by atoms with Gasteiger partial charge in [0.15, 0.2) is 0 Å². The fourth-order valence-corrected chi connectivity index (χ4v) is 3.11. The van der Waals surface area contributed by atoms with Crippen molar-refractivity contribution in [2.75, 3.05) is 19.6 Å². The highest BCUT2D eigenvalue weighted by atomic mass is 79.9. The predicted molar refractivity (Wildman–Crippen MR) is 95.3 cm³/mol. The van der Waals surface area contributed by atoms with Gasteiger partial charge in [0.25, 0.3) is 0 Å². The predicted octanol–water partition coefficient (Wildman–Crippen LogP) is 3.05. The molecule has 1 saturated heterocycles. The average Bonchev–Trinajstić information content (AvgIpc) is 2.87. The molecule has 5 nitrogen and oxygen atoms in total. The molecule has 1 aromatic rings. The monoisotopic (exact) mass is 383 g/mol. The number of alkyl carbamates (subject to hydrolysis) is 1. The third-order valence-electron chi connectivity index (χ3n) is 3.86. The first-order valence-corrected chi connectivity index (χ1v) is 8.77. The van der Waals surface area contributed by atoms with Crippen molar-refractivity contribution >= 4 is 22.0 Å². The molecule has 1 fully saturated rings. The van der Waals surface area contributed by atoms with Crippen LogP contribution in [0.15, 0.2) is 28.7 Å². The van der Waals surface area contributed by atoms with Gasteiger partial charge in [0.2, 0.25) is 0 Å². The number of carbonyl (C=O) groups is 1. The zero-order valence-electron chi connectivity index (χ0n) is 14.0. The van der Waals surface area contributed by atoms with Crippen molar-refractivity contribution in [1.29, 1.82) is 0 Å². The summed E-state index contributed by atoms with van der Waals surface area (Å²) >= 11 is 3.45. The van der Waals surface area contributed by atoms with Crippen molar-refractivity contribution in [3.63, 3.8) is 0 Å². The summed E-state index contributed by atoms with van der Waals surface area (Å²) in [6.45, 7) is 7.86. The Morgan fingerprint density at radius 3 is 2.65 bits per heavy atom. The van der Waals surface area contributed by atoms with Crippen LogP contribution in [0, 0.1) is 0 Å². The number of ether oxygens (including phenoxy) is 1. The summed E-state index contributed by atoms with van der Waals surface area (Å²) < 4.78 is 6.38. The van der Waals surface area contributed by atoms with E-state index in [2.05, 4.69) is 38.3 Å². The van der Waals surface area contributed by atoms with Gasteiger partial charge in [0, 0.05) is 36.2 Å². The first kappa shape index (κ1) is 18.2. The molecule has 6 heteroatoms. The van der Waals surface area contributed by atoms with Crippen molar-refractivity contribution in [1.82, 2.24) is 10.2 Å². The quantitative estimate of drug-likeness (QED) is 0.838. The number of benzene rings is 1. The Morgan fingerprint density at radius 1 is 1.43 bits per heavy atom. The number of likely N-dealkylation sites (tertiary alicyclic amines) is 1. The highest BCUT2D eigenvalue weighted by molar-refractivity contribution is 9.10. The molecule has 0 saturated carbocycles. The number of nitrogens with one attached hydrogen (secondary N) is 1. The van der Waals surface area contributed by atoms with E-state index in [1.807, 2.05) is 32.9 Å². The Balaban J connectivity index is 1.93. The van der Waals surface area contributed by atoms with Crippen LogP contribution in [0.4, 0.5) is 4.79 Å². The van der Waals surface area contributed by atoms with E-state index in [1.165, 1.54) is 5.56 Å². The van der Waals surface area contributed by atoms with Gasteiger partial charge in [-0.2, -0.15) is 0 Å². The van der Waals surface area contributed by atoms with Crippen molar-refractivity contribution < 1.29 is 9.53 Å². The van der Waals surface area contributed by atoms with Crippen molar-refractivity contribution in [3.8, 4) is 0 Å². The maximum Gasteiger partial charge on any atom is 0.407 e. The number of halogens is 1. The summed E-state index contributed by atoms with van der Waals surface area (Å²) in [7, 11) is 0. The van der Waals surface area contributed by atoms with Crippen LogP contribution in [0.2, 0.25) is 0 Å². The highest BCUT2D eigenvalue weighted by Crippen LogP contribution is 2.25. The molecule has 1 aliphatic heterocycles. The third kappa shape index (κ3) is 5.48. The van der Waals surface area contributed by atoms with Crippen LogP contribution in [-0.2, 0) is 4.74 Å². The largest absolute Gasteiger partial charge is 0.444 e. The summed E-state index contributed by atoms with van der Waals surface area (Å²) in [6, 6.07) is 8.53. The number of nitrogens with two attached hydrogens (primary N) is 1. The highest BCUT2D eigenvalue weighted by Gasteiger charge is 2.30. The molecule has 0 aromatic heterocycles. The van der Waals surface area contributed by atoms with Gasteiger partial charge >= 0.3 is 6.09 Å². The summed E-state index contributed by atoms with van der Waals surface area (Å²) in [4.78, 5) is 14.2. The maximum absolute atomic E-state index is 11.9. The Bertz CT molecular complexity index is 528. The molecular formula is C17H26BrN3O2. The first-order valence-electron chi connectivity index (χ1n) is 7.97. The summed E-state index contributed by atoms with van der Waals surface area (Å²) in [5.74, 6) is 0. The lowest BCUT2D eigenvalue weighted by atomic mass is 10.1. The van der Waals surface area contributed by atoms with Crippen LogP contribution in [0.3, 0.4) is 0 Å². The van der Waals surface area contributed by atoms with Crippen LogP contribution < -0.4 is 11.1 Å². The maximum atomic E-state index is 11.9. The number of rotatable bonds is 4. The van der Waals surface area contributed by atoms with E-state index in [4.69, 9.17) is 10.5 Å². The number of nitrogens with zero attached hydrogens (tertiary/aromatic N) is 1. The lowest BCUT2D eigenvalue weighted by Gasteiger charge is -2.27. The van der Waals surface area contributed by atoms with Gasteiger partial charge in [-0.1, -0.05) is 28.1 Å². The molecule has 1 heterocycles. The summed E-state index contributed by atoms with van der Waals surface area (Å²) in [5, 5.41) is 2.95. The van der Waals surface area contributed by atoms with Gasteiger partial charge in [0.05, 0.1) is 0 Å². The lowest BCUT2D eigenvalue weighted by molar-refractivity contribution is 0.0504. The van der Waals surface area contributed by atoms with E-state index >= 15 is 0 Å². The van der Waals surface area contributed by atoms with Crippen molar-refractivity contribution in [3.05, 3.63) is 34.3 Å². The molecule has 0 spiro atoms. The van der Waals surface area contributed by atoms with Gasteiger partial charge in [-0.05, 0) is 44.9 Å². The summed E-state index contributed by atoms with van der Waals surface area (Å²) in [6.07, 6.45) is 0.559. The van der Waals surface area contributed by atoms with E-state index < -0.39 is 5.60 Å². The second kappa shape index (κ2) is 7.64. The van der Waals surface area contributed by atoms with E-state index in [0.29, 0.717) is 6.54 Å². The van der Waals surface area contributed by atoms with E-state index in [9.17, 15) is 4.79 Å². The van der Waals surface area contributed by atoms with Crippen LogP contribution in [0.1, 0.15) is 38.8 Å².